The average molecular weight is 378 g/mol. The van der Waals surface area contributed by atoms with Gasteiger partial charge in [0.1, 0.15) is 12.0 Å². The molecule has 8 nitrogen and oxygen atoms in total. The summed E-state index contributed by atoms with van der Waals surface area (Å²) >= 11 is 0. The number of pyridine rings is 1. The Morgan fingerprint density at radius 3 is 2.62 bits per heavy atom. The number of aromatic nitrogens is 1. The smallest absolute Gasteiger partial charge is 0.287 e. The van der Waals surface area contributed by atoms with Crippen molar-refractivity contribution in [1.29, 1.82) is 0 Å². The van der Waals surface area contributed by atoms with E-state index in [0.717, 1.165) is 12.0 Å². The third-order valence-electron chi connectivity index (χ3n) is 4.22. The number of nitro groups is 1. The van der Waals surface area contributed by atoms with Gasteiger partial charge < -0.3 is 16.0 Å². The van der Waals surface area contributed by atoms with Crippen LogP contribution in [0.1, 0.15) is 22.3 Å². The molecule has 2 aromatic rings. The van der Waals surface area contributed by atoms with Crippen LogP contribution in [0.4, 0.5) is 11.5 Å². The lowest BCUT2D eigenvalue weighted by Gasteiger charge is -2.17. The van der Waals surface area contributed by atoms with E-state index in [1.165, 1.54) is 12.3 Å². The minimum Gasteiger partial charge on any atom is -0.365 e. The van der Waals surface area contributed by atoms with Crippen LogP contribution in [-0.2, 0) is 6.54 Å². The molecule has 3 rings (SSSR count). The van der Waals surface area contributed by atoms with Crippen LogP contribution in [0.5, 0.6) is 0 Å². The van der Waals surface area contributed by atoms with Crippen LogP contribution in [0.3, 0.4) is 0 Å². The number of benzene rings is 1. The highest BCUT2D eigenvalue weighted by atomic mass is 35.5. The van der Waals surface area contributed by atoms with E-state index in [1.54, 1.807) is 23.1 Å². The average Bonchev–Trinajstić information content (AvgIpc) is 3.10. The van der Waals surface area contributed by atoms with Crippen molar-refractivity contribution in [3.05, 3.63) is 63.8 Å². The van der Waals surface area contributed by atoms with Gasteiger partial charge >= 0.3 is 0 Å². The summed E-state index contributed by atoms with van der Waals surface area (Å²) in [6.45, 7) is 1.67. The maximum absolute atomic E-state index is 12.5. The standard InChI is InChI=1S/C17H19N5O3.ClH/c18-9-12-1-3-13(4-2-12)17(23)21-8-7-14(11-21)20-16-6-5-15(10-19-16)22(24)25;/h1-6,10,14H,7-9,11,18H2,(H,19,20);1H. The van der Waals surface area contributed by atoms with Crippen LogP contribution >= 0.6 is 12.4 Å². The number of nitrogens with one attached hydrogen (secondary N) is 1. The van der Waals surface area contributed by atoms with Crippen molar-refractivity contribution in [2.75, 3.05) is 18.4 Å². The molecule has 0 saturated carbocycles. The van der Waals surface area contributed by atoms with Crippen molar-refractivity contribution in [3.8, 4) is 0 Å². The number of amides is 1. The molecule has 0 spiro atoms. The Morgan fingerprint density at radius 2 is 2.04 bits per heavy atom. The van der Waals surface area contributed by atoms with Crippen molar-refractivity contribution < 1.29 is 9.72 Å². The molecule has 1 aliphatic heterocycles. The Morgan fingerprint density at radius 1 is 1.31 bits per heavy atom. The molecule has 0 bridgehead atoms. The summed E-state index contributed by atoms with van der Waals surface area (Å²) in [6, 6.07) is 10.4. The van der Waals surface area contributed by atoms with Gasteiger partial charge in [0.05, 0.1) is 4.92 Å². The van der Waals surface area contributed by atoms with Gasteiger partial charge in [0.2, 0.25) is 0 Å². The lowest BCUT2D eigenvalue weighted by molar-refractivity contribution is -0.385. The topological polar surface area (TPSA) is 114 Å². The van der Waals surface area contributed by atoms with E-state index < -0.39 is 4.92 Å². The number of anilines is 1. The Kier molecular flexibility index (Phi) is 6.48. The van der Waals surface area contributed by atoms with E-state index in [9.17, 15) is 14.9 Å². The highest BCUT2D eigenvalue weighted by Crippen LogP contribution is 2.19. The minimum absolute atomic E-state index is 0. The summed E-state index contributed by atoms with van der Waals surface area (Å²) in [4.78, 5) is 28.5. The van der Waals surface area contributed by atoms with Crippen molar-refractivity contribution in [2.45, 2.75) is 19.0 Å². The van der Waals surface area contributed by atoms with E-state index >= 15 is 0 Å². The Bertz CT molecular complexity index is 767. The summed E-state index contributed by atoms with van der Waals surface area (Å²) in [5.41, 5.74) is 7.15. The zero-order valence-corrected chi connectivity index (χ0v) is 14.8. The number of carbonyl (C=O) groups excluding carboxylic acids is 1. The van der Waals surface area contributed by atoms with Gasteiger partial charge in [-0.2, -0.15) is 0 Å². The molecule has 1 aliphatic rings. The van der Waals surface area contributed by atoms with Crippen LogP contribution in [0.15, 0.2) is 42.6 Å². The normalized spacial score (nSPS) is 16.0. The predicted molar refractivity (Wildman–Crippen MR) is 100 cm³/mol. The number of nitrogens with zero attached hydrogens (tertiary/aromatic N) is 3. The number of likely N-dealkylation sites (tertiary alicyclic amines) is 1. The molecule has 1 saturated heterocycles. The monoisotopic (exact) mass is 377 g/mol. The van der Waals surface area contributed by atoms with Gasteiger partial charge in [-0.1, -0.05) is 12.1 Å². The molecule has 138 valence electrons. The fourth-order valence-corrected chi connectivity index (χ4v) is 2.82. The van der Waals surface area contributed by atoms with Crippen molar-refractivity contribution in [1.82, 2.24) is 9.88 Å². The van der Waals surface area contributed by atoms with Gasteiger partial charge in [-0.05, 0) is 30.2 Å². The highest BCUT2D eigenvalue weighted by Gasteiger charge is 2.27. The number of halogens is 1. The van der Waals surface area contributed by atoms with Crippen LogP contribution in [0.2, 0.25) is 0 Å². The molecule has 1 aromatic carbocycles. The van der Waals surface area contributed by atoms with Gasteiger partial charge in [0, 0.05) is 37.3 Å². The lowest BCUT2D eigenvalue weighted by Crippen LogP contribution is -2.31. The molecule has 1 atom stereocenters. The Labute approximate surface area is 157 Å². The fraction of sp³-hybridized carbons (Fsp3) is 0.294. The first-order valence-corrected chi connectivity index (χ1v) is 8.02. The second-order valence-corrected chi connectivity index (χ2v) is 5.94. The van der Waals surface area contributed by atoms with Gasteiger partial charge in [-0.15, -0.1) is 12.4 Å². The maximum Gasteiger partial charge on any atom is 0.287 e. The molecule has 3 N–H and O–H groups in total. The van der Waals surface area contributed by atoms with Crippen LogP contribution in [0.25, 0.3) is 0 Å². The van der Waals surface area contributed by atoms with E-state index in [4.69, 9.17) is 5.73 Å². The summed E-state index contributed by atoms with van der Waals surface area (Å²) in [5, 5.41) is 13.9. The molecule has 0 radical (unpaired) electrons. The minimum atomic E-state index is -0.483. The number of hydrogen-bond donors (Lipinski definition) is 2. The fourth-order valence-electron chi connectivity index (χ4n) is 2.82. The second kappa shape index (κ2) is 8.59. The van der Waals surface area contributed by atoms with Crippen LogP contribution in [-0.4, -0.2) is 39.8 Å². The molecule has 1 amide bonds. The summed E-state index contributed by atoms with van der Waals surface area (Å²) in [7, 11) is 0. The van der Waals surface area contributed by atoms with E-state index in [2.05, 4.69) is 10.3 Å². The lowest BCUT2D eigenvalue weighted by atomic mass is 10.1. The van der Waals surface area contributed by atoms with Crippen molar-refractivity contribution in [2.24, 2.45) is 5.73 Å². The first-order chi connectivity index (χ1) is 12.1. The second-order valence-electron chi connectivity index (χ2n) is 5.94. The number of carbonyl (C=O) groups is 1. The third-order valence-corrected chi connectivity index (χ3v) is 4.22. The molecule has 2 heterocycles. The predicted octanol–water partition coefficient (Wildman–Crippen LogP) is 2.20. The van der Waals surface area contributed by atoms with Crippen molar-refractivity contribution >= 4 is 29.8 Å². The SMILES string of the molecule is Cl.NCc1ccc(C(=O)N2CCC(Nc3ccc([N+](=O)[O-])cn3)C2)cc1. The van der Waals surface area contributed by atoms with Gasteiger partial charge in [-0.25, -0.2) is 4.98 Å². The third kappa shape index (κ3) is 4.47. The Hall–Kier alpha value is -2.71. The largest absolute Gasteiger partial charge is 0.365 e. The molecule has 9 heteroatoms. The zero-order chi connectivity index (χ0) is 17.8. The van der Waals surface area contributed by atoms with Gasteiger partial charge in [-0.3, -0.25) is 14.9 Å². The number of rotatable bonds is 5. The quantitative estimate of drug-likeness (QED) is 0.609. The van der Waals surface area contributed by atoms with E-state index in [0.29, 0.717) is 31.0 Å². The molecular weight excluding hydrogens is 358 g/mol. The first-order valence-electron chi connectivity index (χ1n) is 8.02. The van der Waals surface area contributed by atoms with Crippen LogP contribution in [0, 0.1) is 10.1 Å². The summed E-state index contributed by atoms with van der Waals surface area (Å²) in [5.74, 6) is 0.557. The van der Waals surface area contributed by atoms with Gasteiger partial charge in [0.15, 0.2) is 0 Å². The zero-order valence-electron chi connectivity index (χ0n) is 14.0. The first kappa shape index (κ1) is 19.6. The highest BCUT2D eigenvalue weighted by molar-refractivity contribution is 5.94. The van der Waals surface area contributed by atoms with E-state index in [-0.39, 0.29) is 30.0 Å². The molecule has 26 heavy (non-hydrogen) atoms. The van der Waals surface area contributed by atoms with Crippen LogP contribution < -0.4 is 11.1 Å². The molecule has 1 fully saturated rings. The molecule has 1 aromatic heterocycles. The summed E-state index contributed by atoms with van der Waals surface area (Å²) < 4.78 is 0. The van der Waals surface area contributed by atoms with Crippen molar-refractivity contribution in [3.63, 3.8) is 0 Å². The van der Waals surface area contributed by atoms with E-state index in [1.807, 2.05) is 12.1 Å². The molecule has 0 aliphatic carbocycles. The molecular formula is C17H20ClN5O3. The summed E-state index contributed by atoms with van der Waals surface area (Å²) in [6.07, 6.45) is 2.02. The number of nitrogens with two attached hydrogens (primary N) is 1. The molecule has 1 unspecified atom stereocenters. The van der Waals surface area contributed by atoms with Gasteiger partial charge in [0.25, 0.3) is 11.6 Å². The number of hydrogen-bond acceptors (Lipinski definition) is 6. The Balaban J connectivity index is 0.00000243. The maximum atomic E-state index is 12.5.